The zero-order valence-corrected chi connectivity index (χ0v) is 11.9. The lowest BCUT2D eigenvalue weighted by Gasteiger charge is -2.08. The molecule has 0 aliphatic rings. The largest absolute Gasteiger partial charge is 0.399 e. The summed E-state index contributed by atoms with van der Waals surface area (Å²) in [4.78, 5) is 23.7. The van der Waals surface area contributed by atoms with Gasteiger partial charge in [0.2, 0.25) is 0 Å². The van der Waals surface area contributed by atoms with Crippen molar-refractivity contribution in [3.8, 4) is 0 Å². The first-order chi connectivity index (χ1) is 10.0. The second kappa shape index (κ2) is 6.09. The quantitative estimate of drug-likeness (QED) is 0.755. The normalized spacial score (nSPS) is 10.0. The van der Waals surface area contributed by atoms with Crippen molar-refractivity contribution >= 4 is 23.2 Å². The number of nitrogen functional groups attached to an aromatic ring is 1. The molecule has 0 saturated heterocycles. The predicted octanol–water partition coefficient (Wildman–Crippen LogP) is 2.19. The Morgan fingerprint density at radius 1 is 1.00 bits per heavy atom. The summed E-state index contributed by atoms with van der Waals surface area (Å²) in [7, 11) is 1.56. The first-order valence-electron chi connectivity index (χ1n) is 6.51. The highest BCUT2D eigenvalue weighted by atomic mass is 16.2. The van der Waals surface area contributed by atoms with E-state index in [1.807, 2.05) is 6.92 Å². The number of anilines is 2. The minimum Gasteiger partial charge on any atom is -0.399 e. The van der Waals surface area contributed by atoms with Gasteiger partial charge in [0.15, 0.2) is 0 Å². The van der Waals surface area contributed by atoms with Crippen molar-refractivity contribution in [3.05, 3.63) is 59.2 Å². The third-order valence-electron chi connectivity index (χ3n) is 3.14. The van der Waals surface area contributed by atoms with Gasteiger partial charge >= 0.3 is 0 Å². The summed E-state index contributed by atoms with van der Waals surface area (Å²) in [6.45, 7) is 1.85. The summed E-state index contributed by atoms with van der Waals surface area (Å²) in [6, 6.07) is 11.9. The van der Waals surface area contributed by atoms with E-state index in [2.05, 4.69) is 10.6 Å². The lowest BCUT2D eigenvalue weighted by atomic mass is 10.1. The van der Waals surface area contributed by atoms with Crippen LogP contribution in [0.4, 0.5) is 11.4 Å². The molecule has 4 N–H and O–H groups in total. The van der Waals surface area contributed by atoms with Crippen molar-refractivity contribution in [3.63, 3.8) is 0 Å². The van der Waals surface area contributed by atoms with Gasteiger partial charge in [-0.05, 0) is 48.9 Å². The van der Waals surface area contributed by atoms with Crippen LogP contribution in [0.2, 0.25) is 0 Å². The molecule has 2 rings (SSSR count). The second-order valence-corrected chi connectivity index (χ2v) is 4.69. The average molecular weight is 283 g/mol. The molecule has 2 aromatic rings. The first kappa shape index (κ1) is 14.6. The Labute approximate surface area is 123 Å². The van der Waals surface area contributed by atoms with Gasteiger partial charge in [0.25, 0.3) is 11.8 Å². The minimum atomic E-state index is -0.243. The molecule has 0 aromatic heterocycles. The summed E-state index contributed by atoms with van der Waals surface area (Å²) in [5.41, 5.74) is 8.80. The summed E-state index contributed by atoms with van der Waals surface area (Å²) >= 11 is 0. The molecule has 0 atom stereocenters. The summed E-state index contributed by atoms with van der Waals surface area (Å²) in [5, 5.41) is 5.31. The molecule has 2 aromatic carbocycles. The molecular weight excluding hydrogens is 266 g/mol. The zero-order chi connectivity index (χ0) is 15.4. The van der Waals surface area contributed by atoms with Crippen LogP contribution in [0.3, 0.4) is 0 Å². The Hall–Kier alpha value is -2.82. The van der Waals surface area contributed by atoms with Crippen LogP contribution in [0.25, 0.3) is 0 Å². The monoisotopic (exact) mass is 283 g/mol. The van der Waals surface area contributed by atoms with E-state index in [1.54, 1.807) is 49.5 Å². The van der Waals surface area contributed by atoms with E-state index >= 15 is 0 Å². The molecule has 0 saturated carbocycles. The maximum absolute atomic E-state index is 12.2. The Morgan fingerprint density at radius 3 is 2.38 bits per heavy atom. The molecule has 0 aliphatic heterocycles. The number of nitrogens with two attached hydrogens (primary N) is 1. The van der Waals surface area contributed by atoms with Crippen molar-refractivity contribution in [1.29, 1.82) is 0 Å². The third kappa shape index (κ3) is 3.39. The van der Waals surface area contributed by atoms with E-state index in [0.717, 1.165) is 5.56 Å². The molecule has 5 heteroatoms. The molecule has 0 bridgehead atoms. The molecule has 2 amide bonds. The van der Waals surface area contributed by atoms with E-state index in [1.165, 1.54) is 0 Å². The van der Waals surface area contributed by atoms with E-state index < -0.39 is 0 Å². The van der Waals surface area contributed by atoms with Crippen LogP contribution in [0.15, 0.2) is 42.5 Å². The molecule has 0 aliphatic carbocycles. The number of hydrogen-bond acceptors (Lipinski definition) is 3. The summed E-state index contributed by atoms with van der Waals surface area (Å²) in [6.07, 6.45) is 0. The van der Waals surface area contributed by atoms with Gasteiger partial charge in [-0.25, -0.2) is 0 Å². The number of amides is 2. The predicted molar refractivity (Wildman–Crippen MR) is 83.4 cm³/mol. The Balaban J connectivity index is 2.19. The van der Waals surface area contributed by atoms with Crippen molar-refractivity contribution in [2.24, 2.45) is 0 Å². The van der Waals surface area contributed by atoms with Crippen LogP contribution >= 0.6 is 0 Å². The topological polar surface area (TPSA) is 84.2 Å². The number of nitrogens with one attached hydrogen (secondary N) is 2. The fraction of sp³-hybridized carbons (Fsp3) is 0.125. The lowest BCUT2D eigenvalue weighted by Crippen LogP contribution is -2.18. The lowest BCUT2D eigenvalue weighted by molar-refractivity contribution is 0.0961. The molecule has 0 spiro atoms. The Kier molecular flexibility index (Phi) is 4.23. The van der Waals surface area contributed by atoms with E-state index in [9.17, 15) is 9.59 Å². The maximum atomic E-state index is 12.2. The average Bonchev–Trinajstić information content (AvgIpc) is 2.49. The number of hydrogen-bond donors (Lipinski definition) is 3. The number of aryl methyl sites for hydroxylation is 1. The van der Waals surface area contributed by atoms with Gasteiger partial charge in [0.1, 0.15) is 0 Å². The van der Waals surface area contributed by atoms with Crippen LogP contribution in [0.1, 0.15) is 26.3 Å². The standard InChI is InChI=1S/C16H17N3O2/c1-10-8-12(6-7-14(10)17)16(21)19-13-5-3-4-11(9-13)15(20)18-2/h3-9H,17H2,1-2H3,(H,18,20)(H,19,21). The fourth-order valence-corrected chi connectivity index (χ4v) is 1.90. The second-order valence-electron chi connectivity index (χ2n) is 4.69. The molecule has 0 unspecified atom stereocenters. The Bertz CT molecular complexity index is 696. The first-order valence-corrected chi connectivity index (χ1v) is 6.51. The smallest absolute Gasteiger partial charge is 0.255 e. The molecule has 21 heavy (non-hydrogen) atoms. The van der Waals surface area contributed by atoms with Crippen molar-refractivity contribution in [2.45, 2.75) is 6.92 Å². The Morgan fingerprint density at radius 2 is 1.71 bits per heavy atom. The van der Waals surface area contributed by atoms with Crippen LogP contribution in [-0.4, -0.2) is 18.9 Å². The van der Waals surface area contributed by atoms with Gasteiger partial charge in [-0.3, -0.25) is 9.59 Å². The number of rotatable bonds is 3. The number of carbonyl (C=O) groups is 2. The van der Waals surface area contributed by atoms with E-state index in [4.69, 9.17) is 5.73 Å². The highest BCUT2D eigenvalue weighted by molar-refractivity contribution is 6.05. The van der Waals surface area contributed by atoms with E-state index in [-0.39, 0.29) is 11.8 Å². The van der Waals surface area contributed by atoms with Gasteiger partial charge in [-0.1, -0.05) is 6.07 Å². The SMILES string of the molecule is CNC(=O)c1cccc(NC(=O)c2ccc(N)c(C)c2)c1. The molecule has 0 heterocycles. The van der Waals surface area contributed by atoms with Crippen LogP contribution in [-0.2, 0) is 0 Å². The van der Waals surface area contributed by atoms with Gasteiger partial charge < -0.3 is 16.4 Å². The van der Waals surface area contributed by atoms with E-state index in [0.29, 0.717) is 22.5 Å². The highest BCUT2D eigenvalue weighted by Gasteiger charge is 2.09. The number of carbonyl (C=O) groups excluding carboxylic acids is 2. The van der Waals surface area contributed by atoms with Crippen LogP contribution < -0.4 is 16.4 Å². The van der Waals surface area contributed by atoms with Crippen LogP contribution in [0.5, 0.6) is 0 Å². The molecule has 0 radical (unpaired) electrons. The molecule has 108 valence electrons. The zero-order valence-electron chi connectivity index (χ0n) is 11.9. The van der Waals surface area contributed by atoms with Gasteiger partial charge in [0, 0.05) is 29.5 Å². The van der Waals surface area contributed by atoms with Gasteiger partial charge in [-0.15, -0.1) is 0 Å². The maximum Gasteiger partial charge on any atom is 0.255 e. The minimum absolute atomic E-state index is 0.200. The summed E-state index contributed by atoms with van der Waals surface area (Å²) in [5.74, 6) is -0.443. The molecular formula is C16H17N3O2. The molecule has 5 nitrogen and oxygen atoms in total. The van der Waals surface area contributed by atoms with Crippen LogP contribution in [0, 0.1) is 6.92 Å². The van der Waals surface area contributed by atoms with Gasteiger partial charge in [0.05, 0.1) is 0 Å². The van der Waals surface area contributed by atoms with Gasteiger partial charge in [-0.2, -0.15) is 0 Å². The number of benzene rings is 2. The van der Waals surface area contributed by atoms with Crippen molar-refractivity contribution in [1.82, 2.24) is 5.32 Å². The highest BCUT2D eigenvalue weighted by Crippen LogP contribution is 2.16. The van der Waals surface area contributed by atoms with Crippen molar-refractivity contribution < 1.29 is 9.59 Å². The fourth-order valence-electron chi connectivity index (χ4n) is 1.90. The molecule has 0 fully saturated rings. The summed E-state index contributed by atoms with van der Waals surface area (Å²) < 4.78 is 0. The third-order valence-corrected chi connectivity index (χ3v) is 3.14. The van der Waals surface area contributed by atoms with Crippen molar-refractivity contribution in [2.75, 3.05) is 18.1 Å².